The van der Waals surface area contributed by atoms with E-state index in [1.54, 1.807) is 0 Å². The van der Waals surface area contributed by atoms with E-state index in [4.69, 9.17) is 18.0 Å². The van der Waals surface area contributed by atoms with Crippen molar-refractivity contribution < 1.29 is 0 Å². The van der Waals surface area contributed by atoms with Crippen LogP contribution in [0.15, 0.2) is 24.3 Å². The van der Waals surface area contributed by atoms with Crippen LogP contribution in [0.2, 0.25) is 0 Å². The summed E-state index contributed by atoms with van der Waals surface area (Å²) in [5.41, 5.74) is 8.76. The Labute approximate surface area is 115 Å². The van der Waals surface area contributed by atoms with Crippen molar-refractivity contribution in [3.05, 3.63) is 35.4 Å². The number of likely N-dealkylation sites (N-methyl/N-ethyl adjacent to an activating group) is 1. The standard InChI is InChI=1S/C15H22N2S/c1-11(15(16)18)17(2)10-13-8-5-7-12-6-3-4-9-14(12)13/h3-4,6,9,11,13H,5,7-8,10H2,1-2H3,(H2,16,18). The monoisotopic (exact) mass is 262 g/mol. The Hall–Kier alpha value is -0.930. The number of hydrogen-bond acceptors (Lipinski definition) is 2. The number of nitrogens with two attached hydrogens (primary N) is 1. The summed E-state index contributed by atoms with van der Waals surface area (Å²) in [6, 6.07) is 9.00. The van der Waals surface area contributed by atoms with E-state index in [9.17, 15) is 0 Å². The number of benzene rings is 1. The fraction of sp³-hybridized carbons (Fsp3) is 0.533. The maximum absolute atomic E-state index is 5.73. The van der Waals surface area contributed by atoms with Gasteiger partial charge in [0.05, 0.1) is 11.0 Å². The average Bonchev–Trinajstić information content (AvgIpc) is 2.38. The zero-order valence-corrected chi connectivity index (χ0v) is 12.0. The van der Waals surface area contributed by atoms with Crippen molar-refractivity contribution >= 4 is 17.2 Å². The number of nitrogens with zero attached hydrogens (tertiary/aromatic N) is 1. The molecule has 0 amide bonds. The summed E-state index contributed by atoms with van der Waals surface area (Å²) in [5, 5.41) is 0. The zero-order valence-electron chi connectivity index (χ0n) is 11.2. The summed E-state index contributed by atoms with van der Waals surface area (Å²) < 4.78 is 0. The molecule has 0 saturated heterocycles. The summed E-state index contributed by atoms with van der Waals surface area (Å²) >= 11 is 5.08. The predicted molar refractivity (Wildman–Crippen MR) is 81.0 cm³/mol. The maximum atomic E-state index is 5.73. The smallest absolute Gasteiger partial charge is 0.0899 e. The largest absolute Gasteiger partial charge is 0.392 e. The van der Waals surface area contributed by atoms with Gasteiger partial charge in [-0.2, -0.15) is 0 Å². The predicted octanol–water partition coefficient (Wildman–Crippen LogP) is 2.71. The van der Waals surface area contributed by atoms with Crippen LogP contribution in [0.1, 0.15) is 36.8 Å². The molecule has 0 heterocycles. The topological polar surface area (TPSA) is 29.3 Å². The Morgan fingerprint density at radius 2 is 2.22 bits per heavy atom. The second kappa shape index (κ2) is 5.81. The quantitative estimate of drug-likeness (QED) is 0.846. The lowest BCUT2D eigenvalue weighted by atomic mass is 9.82. The van der Waals surface area contributed by atoms with Gasteiger partial charge in [0, 0.05) is 6.54 Å². The van der Waals surface area contributed by atoms with Crippen molar-refractivity contribution in [2.45, 2.75) is 38.1 Å². The van der Waals surface area contributed by atoms with Crippen LogP contribution in [0.3, 0.4) is 0 Å². The third-order valence-electron chi connectivity index (χ3n) is 4.07. The van der Waals surface area contributed by atoms with E-state index in [0.717, 1.165) is 6.54 Å². The minimum Gasteiger partial charge on any atom is -0.392 e. The van der Waals surface area contributed by atoms with Gasteiger partial charge in [-0.1, -0.05) is 36.5 Å². The van der Waals surface area contributed by atoms with Crippen molar-refractivity contribution in [3.63, 3.8) is 0 Å². The number of thiocarbonyl (C=S) groups is 1. The summed E-state index contributed by atoms with van der Waals surface area (Å²) in [7, 11) is 2.11. The SMILES string of the molecule is CC(C(N)=S)N(C)CC1CCCc2ccccc21. The molecule has 98 valence electrons. The van der Waals surface area contributed by atoms with Gasteiger partial charge in [0.1, 0.15) is 0 Å². The first kappa shape index (κ1) is 13.5. The first-order valence-corrected chi connectivity index (χ1v) is 7.07. The molecule has 2 N–H and O–H groups in total. The van der Waals surface area contributed by atoms with Crippen LogP contribution in [0.25, 0.3) is 0 Å². The van der Waals surface area contributed by atoms with E-state index >= 15 is 0 Å². The molecule has 0 bridgehead atoms. The minimum atomic E-state index is 0.175. The molecule has 2 unspecified atom stereocenters. The van der Waals surface area contributed by atoms with Gasteiger partial charge < -0.3 is 5.73 Å². The Kier molecular flexibility index (Phi) is 4.36. The van der Waals surface area contributed by atoms with Gasteiger partial charge in [-0.25, -0.2) is 0 Å². The molecule has 1 aliphatic rings. The van der Waals surface area contributed by atoms with Crippen molar-refractivity contribution in [2.24, 2.45) is 5.73 Å². The molecular weight excluding hydrogens is 240 g/mol. The van der Waals surface area contributed by atoms with Crippen LogP contribution in [0.5, 0.6) is 0 Å². The maximum Gasteiger partial charge on any atom is 0.0899 e. The molecule has 0 saturated carbocycles. The highest BCUT2D eigenvalue weighted by Gasteiger charge is 2.23. The van der Waals surface area contributed by atoms with E-state index in [1.807, 2.05) is 0 Å². The van der Waals surface area contributed by atoms with E-state index in [0.29, 0.717) is 10.9 Å². The zero-order chi connectivity index (χ0) is 13.1. The Bertz CT molecular complexity index is 430. The molecule has 0 spiro atoms. The Balaban J connectivity index is 2.09. The number of hydrogen-bond donors (Lipinski definition) is 1. The summed E-state index contributed by atoms with van der Waals surface area (Å²) in [6.07, 6.45) is 3.78. The molecule has 1 aromatic carbocycles. The van der Waals surface area contributed by atoms with Crippen molar-refractivity contribution in [1.82, 2.24) is 4.90 Å². The molecule has 3 heteroatoms. The lowest BCUT2D eigenvalue weighted by Crippen LogP contribution is -2.41. The fourth-order valence-corrected chi connectivity index (χ4v) is 2.95. The molecule has 1 aliphatic carbocycles. The van der Waals surface area contributed by atoms with Gasteiger partial charge in [0.25, 0.3) is 0 Å². The van der Waals surface area contributed by atoms with Gasteiger partial charge >= 0.3 is 0 Å². The molecule has 0 aliphatic heterocycles. The molecule has 18 heavy (non-hydrogen) atoms. The molecule has 0 radical (unpaired) electrons. The van der Waals surface area contributed by atoms with E-state index in [2.05, 4.69) is 43.1 Å². The van der Waals surface area contributed by atoms with Crippen LogP contribution in [-0.4, -0.2) is 29.5 Å². The lowest BCUT2D eigenvalue weighted by molar-refractivity contribution is 0.279. The molecule has 2 atom stereocenters. The van der Waals surface area contributed by atoms with Crippen LogP contribution >= 0.6 is 12.2 Å². The third-order valence-corrected chi connectivity index (χ3v) is 4.42. The second-order valence-electron chi connectivity index (χ2n) is 5.31. The van der Waals surface area contributed by atoms with E-state index < -0.39 is 0 Å². The molecule has 2 rings (SSSR count). The van der Waals surface area contributed by atoms with Crippen LogP contribution < -0.4 is 5.73 Å². The molecule has 0 fully saturated rings. The van der Waals surface area contributed by atoms with Crippen molar-refractivity contribution in [3.8, 4) is 0 Å². The highest BCUT2D eigenvalue weighted by molar-refractivity contribution is 7.80. The van der Waals surface area contributed by atoms with Crippen molar-refractivity contribution in [1.29, 1.82) is 0 Å². The van der Waals surface area contributed by atoms with Gasteiger partial charge in [-0.15, -0.1) is 0 Å². The van der Waals surface area contributed by atoms with E-state index in [-0.39, 0.29) is 6.04 Å². The average molecular weight is 262 g/mol. The second-order valence-corrected chi connectivity index (χ2v) is 5.78. The molecule has 0 aromatic heterocycles. The van der Waals surface area contributed by atoms with Gasteiger partial charge in [0.15, 0.2) is 0 Å². The number of rotatable bonds is 4. The molecular formula is C15H22N2S. The van der Waals surface area contributed by atoms with Crippen LogP contribution in [0, 0.1) is 0 Å². The van der Waals surface area contributed by atoms with Crippen molar-refractivity contribution in [2.75, 3.05) is 13.6 Å². The lowest BCUT2D eigenvalue weighted by Gasteiger charge is -2.32. The normalized spacial score (nSPS) is 20.5. The minimum absolute atomic E-state index is 0.175. The first-order valence-electron chi connectivity index (χ1n) is 6.67. The Morgan fingerprint density at radius 1 is 1.50 bits per heavy atom. The highest BCUT2D eigenvalue weighted by Crippen LogP contribution is 2.32. The van der Waals surface area contributed by atoms with Gasteiger partial charge in [-0.05, 0) is 50.3 Å². The summed E-state index contributed by atoms with van der Waals surface area (Å²) in [6.45, 7) is 3.12. The Morgan fingerprint density at radius 3 is 2.94 bits per heavy atom. The van der Waals surface area contributed by atoms with Crippen LogP contribution in [-0.2, 0) is 6.42 Å². The summed E-state index contributed by atoms with van der Waals surface area (Å²) in [4.78, 5) is 2.86. The molecule has 2 nitrogen and oxygen atoms in total. The van der Waals surface area contributed by atoms with E-state index in [1.165, 1.54) is 30.4 Å². The number of aryl methyl sites for hydroxylation is 1. The molecule has 1 aromatic rings. The van der Waals surface area contributed by atoms with Gasteiger partial charge in [0.2, 0.25) is 0 Å². The summed E-state index contributed by atoms with van der Waals surface area (Å²) in [5.74, 6) is 0.622. The third kappa shape index (κ3) is 2.90. The first-order chi connectivity index (χ1) is 8.59. The highest BCUT2D eigenvalue weighted by atomic mass is 32.1. The fourth-order valence-electron chi connectivity index (χ4n) is 2.77. The van der Waals surface area contributed by atoms with Gasteiger partial charge in [-0.3, -0.25) is 4.90 Å². The number of fused-ring (bicyclic) bond motifs is 1. The van der Waals surface area contributed by atoms with Crippen LogP contribution in [0.4, 0.5) is 0 Å².